The second kappa shape index (κ2) is 8.48. The molecule has 3 nitrogen and oxygen atoms in total. The minimum absolute atomic E-state index is 0.146. The molecule has 1 unspecified atom stereocenters. The van der Waals surface area contributed by atoms with Crippen LogP contribution in [0.5, 0.6) is 5.75 Å². The molecule has 3 heteroatoms. The average Bonchev–Trinajstić information content (AvgIpc) is 3.13. The van der Waals surface area contributed by atoms with E-state index >= 15 is 0 Å². The van der Waals surface area contributed by atoms with Crippen molar-refractivity contribution in [3.8, 4) is 11.8 Å². The molecule has 0 bridgehead atoms. The molecule has 2 fully saturated rings. The highest BCUT2D eigenvalue weighted by molar-refractivity contribution is 5.46. The molecule has 0 radical (unpaired) electrons. The number of fused-ring (bicyclic) bond motifs is 5. The van der Waals surface area contributed by atoms with Gasteiger partial charge in [0.05, 0.1) is 17.6 Å². The largest absolute Gasteiger partial charge is 0.489 e. The molecule has 0 saturated heterocycles. The summed E-state index contributed by atoms with van der Waals surface area (Å²) in [6, 6.07) is 17.5. The molecule has 6 atom stereocenters. The summed E-state index contributed by atoms with van der Waals surface area (Å²) >= 11 is 0. The molecule has 3 aliphatic carbocycles. The quantitative estimate of drug-likeness (QED) is 0.568. The Labute approximate surface area is 198 Å². The van der Waals surface area contributed by atoms with E-state index in [1.807, 2.05) is 13.0 Å². The minimum atomic E-state index is -0.846. The molecule has 3 aliphatic rings. The van der Waals surface area contributed by atoms with Crippen LogP contribution in [0, 0.1) is 34.5 Å². The van der Waals surface area contributed by atoms with Gasteiger partial charge in [-0.1, -0.05) is 50.2 Å². The van der Waals surface area contributed by atoms with Crippen LogP contribution in [0.15, 0.2) is 42.5 Å². The fraction of sp³-hybridized carbons (Fsp3) is 0.567. The number of nitrogens with zero attached hydrogens (tertiary/aromatic N) is 1. The van der Waals surface area contributed by atoms with Gasteiger partial charge in [0.15, 0.2) is 0 Å². The van der Waals surface area contributed by atoms with Crippen LogP contribution in [0.1, 0.15) is 81.0 Å². The van der Waals surface area contributed by atoms with E-state index in [9.17, 15) is 10.4 Å². The van der Waals surface area contributed by atoms with Crippen molar-refractivity contribution >= 4 is 0 Å². The Bertz CT molecular complexity index is 1060. The highest BCUT2D eigenvalue weighted by atomic mass is 16.5. The van der Waals surface area contributed by atoms with Crippen LogP contribution in [0.2, 0.25) is 0 Å². The predicted octanol–water partition coefficient (Wildman–Crippen LogP) is 6.57. The Morgan fingerprint density at radius 2 is 1.94 bits per heavy atom. The van der Waals surface area contributed by atoms with Crippen LogP contribution in [0.25, 0.3) is 0 Å². The van der Waals surface area contributed by atoms with Crippen LogP contribution in [-0.2, 0) is 19.4 Å². The molecule has 2 saturated carbocycles. The molecule has 0 aliphatic heterocycles. The lowest BCUT2D eigenvalue weighted by Gasteiger charge is -2.54. The SMILES string of the molecule is CCc1cc2c(cc1OCc1ccccc1)CC[C@@H]1[C@@H]2CC[C@@]2(C)[C@H]1CC[C@@]2(O)C(C)C#N. The van der Waals surface area contributed by atoms with Gasteiger partial charge in [-0.05, 0) is 97.9 Å². The molecule has 0 spiro atoms. The Kier molecular flexibility index (Phi) is 5.78. The van der Waals surface area contributed by atoms with Crippen molar-refractivity contribution in [1.82, 2.24) is 0 Å². The Morgan fingerprint density at radius 3 is 2.67 bits per heavy atom. The third-order valence-electron chi connectivity index (χ3n) is 9.65. The molecule has 2 aromatic carbocycles. The maximum Gasteiger partial charge on any atom is 0.123 e. The third kappa shape index (κ3) is 3.50. The number of benzene rings is 2. The van der Waals surface area contributed by atoms with E-state index in [1.165, 1.54) is 28.7 Å². The third-order valence-corrected chi connectivity index (χ3v) is 9.65. The van der Waals surface area contributed by atoms with Crippen LogP contribution < -0.4 is 4.74 Å². The van der Waals surface area contributed by atoms with Crippen LogP contribution in [0.4, 0.5) is 0 Å². The maximum atomic E-state index is 11.6. The van der Waals surface area contributed by atoms with Gasteiger partial charge in [-0.2, -0.15) is 5.26 Å². The molecule has 2 aromatic rings. The zero-order valence-electron chi connectivity index (χ0n) is 20.3. The van der Waals surface area contributed by atoms with E-state index in [4.69, 9.17) is 4.74 Å². The van der Waals surface area contributed by atoms with Crippen molar-refractivity contribution in [2.24, 2.45) is 23.2 Å². The van der Waals surface area contributed by atoms with Crippen molar-refractivity contribution < 1.29 is 9.84 Å². The number of aryl methyl sites for hydroxylation is 2. The average molecular weight is 444 g/mol. The summed E-state index contributed by atoms with van der Waals surface area (Å²) in [7, 11) is 0. The summed E-state index contributed by atoms with van der Waals surface area (Å²) in [5, 5.41) is 21.2. The lowest BCUT2D eigenvalue weighted by molar-refractivity contribution is -0.121. The topological polar surface area (TPSA) is 53.2 Å². The first kappa shape index (κ1) is 22.5. The smallest absolute Gasteiger partial charge is 0.123 e. The zero-order valence-corrected chi connectivity index (χ0v) is 20.3. The van der Waals surface area contributed by atoms with Gasteiger partial charge in [0.1, 0.15) is 12.4 Å². The van der Waals surface area contributed by atoms with E-state index in [-0.39, 0.29) is 11.3 Å². The summed E-state index contributed by atoms with van der Waals surface area (Å²) in [6.07, 6.45) is 7.17. The molecular formula is C30H37NO2. The van der Waals surface area contributed by atoms with Crippen molar-refractivity contribution in [2.45, 2.75) is 83.8 Å². The Balaban J connectivity index is 1.41. The van der Waals surface area contributed by atoms with Gasteiger partial charge in [-0.15, -0.1) is 0 Å². The van der Waals surface area contributed by atoms with Gasteiger partial charge in [-0.3, -0.25) is 0 Å². The van der Waals surface area contributed by atoms with Crippen molar-refractivity contribution in [2.75, 3.05) is 0 Å². The summed E-state index contributed by atoms with van der Waals surface area (Å²) in [4.78, 5) is 0. The van der Waals surface area contributed by atoms with E-state index in [2.05, 4.69) is 56.3 Å². The number of nitriles is 1. The maximum absolute atomic E-state index is 11.6. The van der Waals surface area contributed by atoms with Crippen molar-refractivity contribution in [3.63, 3.8) is 0 Å². The van der Waals surface area contributed by atoms with E-state index in [0.717, 1.165) is 44.3 Å². The molecular weight excluding hydrogens is 406 g/mol. The second-order valence-corrected chi connectivity index (χ2v) is 11.0. The summed E-state index contributed by atoms with van der Waals surface area (Å²) in [5.74, 6) is 2.41. The monoisotopic (exact) mass is 443 g/mol. The standard InChI is InChI=1S/C30H37NO2/c1-4-22-16-26-23(17-28(22)33-19-21-8-6-5-7-9-21)10-11-25-24(26)12-14-29(3)27(25)13-15-30(29,32)20(2)18-31/h5-9,16-17,20,24-25,27,32H,4,10-15,19H2,1-3H3/t20?,24-,25+,27-,29-,30+/m0/s1. The van der Waals surface area contributed by atoms with Crippen LogP contribution in [-0.4, -0.2) is 10.7 Å². The molecule has 5 rings (SSSR count). The summed E-state index contributed by atoms with van der Waals surface area (Å²) < 4.78 is 6.30. The fourth-order valence-electron chi connectivity index (χ4n) is 7.66. The highest BCUT2D eigenvalue weighted by Crippen LogP contribution is 2.65. The second-order valence-electron chi connectivity index (χ2n) is 11.0. The number of hydrogen-bond acceptors (Lipinski definition) is 3. The van der Waals surface area contributed by atoms with Gasteiger partial charge < -0.3 is 9.84 Å². The van der Waals surface area contributed by atoms with Gasteiger partial charge in [-0.25, -0.2) is 0 Å². The van der Waals surface area contributed by atoms with Crippen molar-refractivity contribution in [3.05, 3.63) is 64.7 Å². The van der Waals surface area contributed by atoms with E-state index in [0.29, 0.717) is 24.4 Å². The van der Waals surface area contributed by atoms with Gasteiger partial charge in [0.25, 0.3) is 0 Å². The molecule has 174 valence electrons. The molecule has 0 aromatic heterocycles. The summed E-state index contributed by atoms with van der Waals surface area (Å²) in [6.45, 7) is 7.02. The van der Waals surface area contributed by atoms with E-state index in [1.54, 1.807) is 0 Å². The molecule has 1 N–H and O–H groups in total. The van der Waals surface area contributed by atoms with Crippen LogP contribution in [0.3, 0.4) is 0 Å². The summed E-state index contributed by atoms with van der Waals surface area (Å²) in [5.41, 5.74) is 4.50. The van der Waals surface area contributed by atoms with Gasteiger partial charge in [0.2, 0.25) is 0 Å². The normalized spacial score (nSPS) is 33.4. The van der Waals surface area contributed by atoms with Crippen molar-refractivity contribution in [1.29, 1.82) is 5.26 Å². The predicted molar refractivity (Wildman–Crippen MR) is 131 cm³/mol. The zero-order chi connectivity index (χ0) is 23.2. The molecule has 0 heterocycles. The Morgan fingerprint density at radius 1 is 1.15 bits per heavy atom. The van der Waals surface area contributed by atoms with Gasteiger partial charge >= 0.3 is 0 Å². The number of rotatable bonds is 5. The lowest BCUT2D eigenvalue weighted by atomic mass is 9.52. The number of ether oxygens (including phenoxy) is 1. The first-order valence-corrected chi connectivity index (χ1v) is 12.9. The lowest BCUT2D eigenvalue weighted by Crippen LogP contribution is -2.53. The highest BCUT2D eigenvalue weighted by Gasteiger charge is 2.63. The Hall–Kier alpha value is -2.31. The minimum Gasteiger partial charge on any atom is -0.489 e. The molecule has 0 amide bonds. The first-order valence-electron chi connectivity index (χ1n) is 12.9. The number of aliphatic hydroxyl groups is 1. The molecule has 33 heavy (non-hydrogen) atoms. The number of hydrogen-bond donors (Lipinski definition) is 1. The fourth-order valence-corrected chi connectivity index (χ4v) is 7.66. The van der Waals surface area contributed by atoms with E-state index < -0.39 is 5.60 Å². The van der Waals surface area contributed by atoms with Gasteiger partial charge in [0, 0.05) is 5.41 Å². The van der Waals surface area contributed by atoms with Crippen LogP contribution >= 0.6 is 0 Å². The first-order chi connectivity index (χ1) is 15.9.